The Morgan fingerprint density at radius 2 is 1.94 bits per heavy atom. The topological polar surface area (TPSA) is 21.3 Å². The van der Waals surface area contributed by atoms with Crippen molar-refractivity contribution in [2.75, 3.05) is 13.2 Å². The normalized spacial score (nSPS) is 10.9. The van der Waals surface area contributed by atoms with E-state index in [1.54, 1.807) is 0 Å². The first-order valence-corrected chi connectivity index (χ1v) is 6.48. The van der Waals surface area contributed by atoms with Gasteiger partial charge in [-0.3, -0.25) is 0 Å². The van der Waals surface area contributed by atoms with Gasteiger partial charge in [0.15, 0.2) is 0 Å². The van der Waals surface area contributed by atoms with E-state index < -0.39 is 0 Å². The van der Waals surface area contributed by atoms with Gasteiger partial charge in [-0.15, -0.1) is 12.4 Å². The molecule has 1 aromatic rings. The van der Waals surface area contributed by atoms with Gasteiger partial charge in [-0.2, -0.15) is 0 Å². The molecule has 2 nitrogen and oxygen atoms in total. The Balaban J connectivity index is 0.00000289. The fourth-order valence-corrected chi connectivity index (χ4v) is 1.62. The summed E-state index contributed by atoms with van der Waals surface area (Å²) in [5.74, 6) is 0.848. The van der Waals surface area contributed by atoms with E-state index in [4.69, 9.17) is 16.3 Å². The summed E-state index contributed by atoms with van der Waals surface area (Å²) in [6.45, 7) is 8.30. The van der Waals surface area contributed by atoms with Gasteiger partial charge in [0.05, 0.1) is 6.61 Å². The maximum Gasteiger partial charge on any atom is 0.120 e. The highest BCUT2D eigenvalue weighted by atomic mass is 35.5. The molecule has 0 saturated heterocycles. The number of nitrogens with one attached hydrogen (secondary N) is 1. The molecule has 0 unspecified atom stereocenters. The summed E-state index contributed by atoms with van der Waals surface area (Å²) in [6, 6.07) is 7.52. The summed E-state index contributed by atoms with van der Waals surface area (Å²) < 4.78 is 5.61. The van der Waals surface area contributed by atoms with Gasteiger partial charge in [0.2, 0.25) is 0 Å². The quantitative estimate of drug-likeness (QED) is 0.789. The summed E-state index contributed by atoms with van der Waals surface area (Å²) in [7, 11) is 0. The lowest BCUT2D eigenvalue weighted by molar-refractivity contribution is 0.301. The standard InChI is InChI=1S/C14H22ClNO.ClH/c1-14(2,3)16-9-4-5-10-17-13-8-6-7-12(15)11-13;/h6-8,11,16H,4-5,9-10H2,1-3H3;1H. The second-order valence-corrected chi connectivity index (χ2v) is 5.63. The van der Waals surface area contributed by atoms with Gasteiger partial charge in [-0.1, -0.05) is 17.7 Å². The average molecular weight is 292 g/mol. The van der Waals surface area contributed by atoms with Crippen LogP contribution in [0.25, 0.3) is 0 Å². The second kappa shape index (κ2) is 8.63. The number of benzene rings is 1. The zero-order chi connectivity index (χ0) is 12.7. The van der Waals surface area contributed by atoms with Gasteiger partial charge in [0, 0.05) is 10.6 Å². The maximum absolute atomic E-state index is 5.87. The van der Waals surface area contributed by atoms with Crippen molar-refractivity contribution in [2.24, 2.45) is 0 Å². The molecular weight excluding hydrogens is 269 g/mol. The molecule has 0 radical (unpaired) electrons. The zero-order valence-corrected chi connectivity index (χ0v) is 12.9. The van der Waals surface area contributed by atoms with Crippen LogP contribution in [0.1, 0.15) is 33.6 Å². The minimum Gasteiger partial charge on any atom is -0.494 e. The number of ether oxygens (including phenoxy) is 1. The third-order valence-electron chi connectivity index (χ3n) is 2.29. The Morgan fingerprint density at radius 1 is 1.22 bits per heavy atom. The van der Waals surface area contributed by atoms with Crippen LogP contribution in [0.5, 0.6) is 5.75 Å². The lowest BCUT2D eigenvalue weighted by Crippen LogP contribution is -2.36. The average Bonchev–Trinajstić information content (AvgIpc) is 2.22. The van der Waals surface area contributed by atoms with Gasteiger partial charge in [0.25, 0.3) is 0 Å². The summed E-state index contributed by atoms with van der Waals surface area (Å²) in [5, 5.41) is 4.17. The van der Waals surface area contributed by atoms with E-state index >= 15 is 0 Å². The third kappa shape index (κ3) is 8.62. The molecule has 0 atom stereocenters. The molecule has 0 aliphatic rings. The van der Waals surface area contributed by atoms with Crippen LogP contribution in [0, 0.1) is 0 Å². The minimum absolute atomic E-state index is 0. The van der Waals surface area contributed by atoms with Gasteiger partial charge in [-0.25, -0.2) is 0 Å². The summed E-state index contributed by atoms with van der Waals surface area (Å²) in [4.78, 5) is 0. The number of hydrogen-bond acceptors (Lipinski definition) is 2. The Morgan fingerprint density at radius 3 is 2.56 bits per heavy atom. The van der Waals surface area contributed by atoms with E-state index in [1.165, 1.54) is 0 Å². The van der Waals surface area contributed by atoms with Crippen LogP contribution in [0.2, 0.25) is 5.02 Å². The Hall–Kier alpha value is -0.440. The van der Waals surface area contributed by atoms with Gasteiger partial charge >= 0.3 is 0 Å². The Labute approximate surface area is 121 Å². The molecule has 0 aliphatic heterocycles. The molecule has 1 N–H and O–H groups in total. The molecule has 0 saturated carbocycles. The van der Waals surface area contributed by atoms with Crippen LogP contribution >= 0.6 is 24.0 Å². The third-order valence-corrected chi connectivity index (χ3v) is 2.53. The summed E-state index contributed by atoms with van der Waals surface area (Å²) >= 11 is 5.87. The van der Waals surface area contributed by atoms with Crippen LogP contribution in [0.3, 0.4) is 0 Å². The maximum atomic E-state index is 5.87. The fraction of sp³-hybridized carbons (Fsp3) is 0.571. The predicted molar refractivity (Wildman–Crippen MR) is 81.2 cm³/mol. The molecule has 104 valence electrons. The lowest BCUT2D eigenvalue weighted by Gasteiger charge is -2.20. The summed E-state index contributed by atoms with van der Waals surface area (Å²) in [5.41, 5.74) is 0.202. The van der Waals surface area contributed by atoms with Crippen molar-refractivity contribution in [3.05, 3.63) is 29.3 Å². The number of hydrogen-bond donors (Lipinski definition) is 1. The molecule has 1 rings (SSSR count). The molecule has 0 heterocycles. The van der Waals surface area contributed by atoms with Crippen molar-refractivity contribution in [2.45, 2.75) is 39.2 Å². The number of unbranched alkanes of at least 4 members (excludes halogenated alkanes) is 1. The van der Waals surface area contributed by atoms with Crippen LogP contribution in [0.15, 0.2) is 24.3 Å². The van der Waals surface area contributed by atoms with E-state index in [2.05, 4.69) is 26.1 Å². The van der Waals surface area contributed by atoms with Crippen molar-refractivity contribution < 1.29 is 4.74 Å². The Bertz CT molecular complexity index is 337. The minimum atomic E-state index is 0. The van der Waals surface area contributed by atoms with E-state index in [-0.39, 0.29) is 17.9 Å². The second-order valence-electron chi connectivity index (χ2n) is 5.19. The SMILES string of the molecule is CC(C)(C)NCCCCOc1cccc(Cl)c1.Cl. The molecule has 0 aromatic heterocycles. The number of rotatable bonds is 6. The van der Waals surface area contributed by atoms with E-state index in [0.29, 0.717) is 0 Å². The van der Waals surface area contributed by atoms with Crippen molar-refractivity contribution in [1.29, 1.82) is 0 Å². The lowest BCUT2D eigenvalue weighted by atomic mass is 10.1. The van der Waals surface area contributed by atoms with Crippen molar-refractivity contribution in [1.82, 2.24) is 5.32 Å². The highest BCUT2D eigenvalue weighted by molar-refractivity contribution is 6.30. The fourth-order valence-electron chi connectivity index (χ4n) is 1.44. The molecule has 0 fully saturated rings. The Kier molecular flexibility index (Phi) is 8.41. The smallest absolute Gasteiger partial charge is 0.120 e. The molecule has 0 aliphatic carbocycles. The van der Waals surface area contributed by atoms with Crippen LogP contribution in [-0.2, 0) is 0 Å². The molecule has 4 heteroatoms. The first-order valence-electron chi connectivity index (χ1n) is 6.11. The first-order chi connectivity index (χ1) is 7.97. The van der Waals surface area contributed by atoms with E-state index in [1.807, 2.05) is 24.3 Å². The van der Waals surface area contributed by atoms with Gasteiger partial charge < -0.3 is 10.1 Å². The molecule has 18 heavy (non-hydrogen) atoms. The molecule has 0 spiro atoms. The summed E-state index contributed by atoms with van der Waals surface area (Å²) in [6.07, 6.45) is 2.17. The molecule has 0 amide bonds. The van der Waals surface area contributed by atoms with Crippen LogP contribution < -0.4 is 10.1 Å². The predicted octanol–water partition coefficient (Wildman–Crippen LogP) is 4.31. The van der Waals surface area contributed by atoms with E-state index in [9.17, 15) is 0 Å². The highest BCUT2D eigenvalue weighted by Crippen LogP contribution is 2.17. The van der Waals surface area contributed by atoms with Gasteiger partial charge in [-0.05, 0) is 58.4 Å². The first kappa shape index (κ1) is 17.6. The van der Waals surface area contributed by atoms with Crippen molar-refractivity contribution >= 4 is 24.0 Å². The largest absolute Gasteiger partial charge is 0.494 e. The highest BCUT2D eigenvalue weighted by Gasteiger charge is 2.06. The van der Waals surface area contributed by atoms with Crippen LogP contribution in [0.4, 0.5) is 0 Å². The van der Waals surface area contributed by atoms with Crippen molar-refractivity contribution in [3.8, 4) is 5.75 Å². The van der Waals surface area contributed by atoms with E-state index in [0.717, 1.165) is 36.8 Å². The molecule has 0 bridgehead atoms. The van der Waals surface area contributed by atoms with Crippen molar-refractivity contribution in [3.63, 3.8) is 0 Å². The van der Waals surface area contributed by atoms with Crippen LogP contribution in [-0.4, -0.2) is 18.7 Å². The number of halogens is 2. The zero-order valence-electron chi connectivity index (χ0n) is 11.3. The van der Waals surface area contributed by atoms with Gasteiger partial charge in [0.1, 0.15) is 5.75 Å². The monoisotopic (exact) mass is 291 g/mol. The molecule has 1 aromatic carbocycles. The molecular formula is C14H23Cl2NO.